The third kappa shape index (κ3) is 3.98. The summed E-state index contributed by atoms with van der Waals surface area (Å²) in [4.78, 5) is 19.9. The van der Waals surface area contributed by atoms with E-state index in [1.54, 1.807) is 35.0 Å². The number of nitrogens with two attached hydrogens (primary N) is 1. The third-order valence-electron chi connectivity index (χ3n) is 4.20. The minimum absolute atomic E-state index is 0.0603. The van der Waals surface area contributed by atoms with Crippen LogP contribution in [0.4, 0.5) is 15.9 Å². The van der Waals surface area contributed by atoms with Gasteiger partial charge in [0.05, 0.1) is 18.4 Å². The van der Waals surface area contributed by atoms with Crippen molar-refractivity contribution in [2.45, 2.75) is 6.54 Å². The predicted octanol–water partition coefficient (Wildman–Crippen LogP) is 2.94. The van der Waals surface area contributed by atoms with Gasteiger partial charge in [0.2, 0.25) is 5.91 Å². The molecule has 0 unspecified atom stereocenters. The smallest absolute Gasteiger partial charge is 0.239 e. The quantitative estimate of drug-likeness (QED) is 0.453. The maximum absolute atomic E-state index is 14.1. The van der Waals surface area contributed by atoms with Gasteiger partial charge < -0.3 is 15.6 Å². The molecule has 0 aliphatic carbocycles. The summed E-state index contributed by atoms with van der Waals surface area (Å²) in [6, 6.07) is 9.78. The standard InChI is InChI=1S/C19H15ClFN7O2/c20-8-17(29)24-15-9-23-19(25-18(15)22)14-7-16(13-5-6-30-27-13)28(26-14)10-11-3-1-2-4-12(11)21/h1-7,9H,8,10H2,(H,24,29)(H2,22,23,25). The number of nitrogens with one attached hydrogen (secondary N) is 1. The Morgan fingerprint density at radius 2 is 2.10 bits per heavy atom. The van der Waals surface area contributed by atoms with E-state index in [-0.39, 0.29) is 35.6 Å². The van der Waals surface area contributed by atoms with Crippen LogP contribution in [0.3, 0.4) is 0 Å². The van der Waals surface area contributed by atoms with Crippen LogP contribution in [0.5, 0.6) is 0 Å². The van der Waals surface area contributed by atoms with Crippen LogP contribution in [0.15, 0.2) is 53.4 Å². The molecule has 4 aromatic rings. The summed E-state index contributed by atoms with van der Waals surface area (Å²) in [5.41, 5.74) is 8.12. The van der Waals surface area contributed by atoms with Crippen molar-refractivity contribution in [3.63, 3.8) is 0 Å². The third-order valence-corrected chi connectivity index (χ3v) is 4.44. The molecule has 0 saturated heterocycles. The van der Waals surface area contributed by atoms with Gasteiger partial charge in [-0.3, -0.25) is 9.48 Å². The zero-order valence-corrected chi connectivity index (χ0v) is 16.2. The van der Waals surface area contributed by atoms with E-state index in [0.717, 1.165) is 0 Å². The Bertz CT molecular complexity index is 1190. The van der Waals surface area contributed by atoms with Gasteiger partial charge in [-0.15, -0.1) is 11.6 Å². The molecule has 3 N–H and O–H groups in total. The van der Waals surface area contributed by atoms with Crippen molar-refractivity contribution in [2.24, 2.45) is 0 Å². The van der Waals surface area contributed by atoms with E-state index in [1.807, 2.05) is 0 Å². The molecule has 152 valence electrons. The van der Waals surface area contributed by atoms with E-state index in [4.69, 9.17) is 21.9 Å². The van der Waals surface area contributed by atoms with E-state index < -0.39 is 5.91 Å². The summed E-state index contributed by atoms with van der Waals surface area (Å²) in [6.45, 7) is 0.161. The van der Waals surface area contributed by atoms with Crippen molar-refractivity contribution in [3.8, 4) is 22.9 Å². The van der Waals surface area contributed by atoms with Crippen LogP contribution in [0.1, 0.15) is 5.56 Å². The molecular weight excluding hydrogens is 413 g/mol. The Labute approximate surface area is 174 Å². The van der Waals surface area contributed by atoms with Gasteiger partial charge in [0, 0.05) is 11.6 Å². The minimum atomic E-state index is -0.429. The molecule has 0 atom stereocenters. The van der Waals surface area contributed by atoms with E-state index in [9.17, 15) is 9.18 Å². The highest BCUT2D eigenvalue weighted by molar-refractivity contribution is 6.29. The molecular formula is C19H15ClFN7O2. The van der Waals surface area contributed by atoms with Crippen LogP contribution in [-0.2, 0) is 11.3 Å². The predicted molar refractivity (Wildman–Crippen MR) is 108 cm³/mol. The van der Waals surface area contributed by atoms with Gasteiger partial charge in [-0.05, 0) is 12.1 Å². The average Bonchev–Trinajstić information content (AvgIpc) is 3.41. The summed E-state index contributed by atoms with van der Waals surface area (Å²) in [5.74, 6) is -0.705. The Morgan fingerprint density at radius 1 is 1.27 bits per heavy atom. The van der Waals surface area contributed by atoms with Crippen molar-refractivity contribution in [1.82, 2.24) is 24.9 Å². The largest absolute Gasteiger partial charge is 0.382 e. The minimum Gasteiger partial charge on any atom is -0.382 e. The molecule has 3 aromatic heterocycles. The Hall–Kier alpha value is -3.79. The fourth-order valence-corrected chi connectivity index (χ4v) is 2.85. The number of anilines is 2. The first-order valence-electron chi connectivity index (χ1n) is 8.76. The van der Waals surface area contributed by atoms with Crippen LogP contribution < -0.4 is 11.1 Å². The second kappa shape index (κ2) is 8.29. The summed E-state index contributed by atoms with van der Waals surface area (Å²) >= 11 is 5.48. The fraction of sp³-hybridized carbons (Fsp3) is 0.105. The van der Waals surface area contributed by atoms with Crippen molar-refractivity contribution < 1.29 is 13.7 Å². The lowest BCUT2D eigenvalue weighted by Gasteiger charge is -2.07. The zero-order chi connectivity index (χ0) is 21.1. The number of benzene rings is 1. The number of hydrogen-bond donors (Lipinski definition) is 2. The van der Waals surface area contributed by atoms with Gasteiger partial charge in [0.1, 0.15) is 35.0 Å². The molecule has 0 bridgehead atoms. The normalized spacial score (nSPS) is 10.9. The molecule has 0 radical (unpaired) electrons. The van der Waals surface area contributed by atoms with E-state index in [1.165, 1.54) is 18.5 Å². The molecule has 11 heteroatoms. The average molecular weight is 428 g/mol. The van der Waals surface area contributed by atoms with Crippen LogP contribution in [0.25, 0.3) is 22.9 Å². The van der Waals surface area contributed by atoms with Gasteiger partial charge in [-0.25, -0.2) is 14.4 Å². The highest BCUT2D eigenvalue weighted by Crippen LogP contribution is 2.26. The molecule has 30 heavy (non-hydrogen) atoms. The topological polar surface area (TPSA) is 125 Å². The van der Waals surface area contributed by atoms with Crippen molar-refractivity contribution >= 4 is 29.0 Å². The summed E-state index contributed by atoms with van der Waals surface area (Å²) < 4.78 is 20.7. The molecule has 0 fully saturated rings. The van der Waals surface area contributed by atoms with Crippen LogP contribution in [-0.4, -0.2) is 36.7 Å². The molecule has 0 spiro atoms. The lowest BCUT2D eigenvalue weighted by Crippen LogP contribution is -2.15. The monoisotopic (exact) mass is 427 g/mol. The SMILES string of the molecule is Nc1nc(-c2cc(-c3ccon3)n(Cc3ccccc3F)n2)ncc1NC(=O)CCl. The summed E-state index contributed by atoms with van der Waals surface area (Å²) in [7, 11) is 0. The number of aromatic nitrogens is 5. The second-order valence-electron chi connectivity index (χ2n) is 6.22. The number of hydrogen-bond acceptors (Lipinski definition) is 7. The maximum Gasteiger partial charge on any atom is 0.239 e. The molecule has 0 aliphatic heterocycles. The van der Waals surface area contributed by atoms with Gasteiger partial charge >= 0.3 is 0 Å². The second-order valence-corrected chi connectivity index (χ2v) is 6.49. The highest BCUT2D eigenvalue weighted by Gasteiger charge is 2.18. The van der Waals surface area contributed by atoms with Gasteiger partial charge in [0.15, 0.2) is 11.6 Å². The fourth-order valence-electron chi connectivity index (χ4n) is 2.78. The summed E-state index contributed by atoms with van der Waals surface area (Å²) in [6.07, 6.45) is 2.80. The van der Waals surface area contributed by atoms with Crippen LogP contribution in [0.2, 0.25) is 0 Å². The zero-order valence-electron chi connectivity index (χ0n) is 15.4. The first kappa shape index (κ1) is 19.5. The number of carbonyl (C=O) groups excluding carboxylic acids is 1. The first-order valence-corrected chi connectivity index (χ1v) is 9.29. The van der Waals surface area contributed by atoms with E-state index in [0.29, 0.717) is 22.6 Å². The lowest BCUT2D eigenvalue weighted by atomic mass is 10.2. The number of alkyl halides is 1. The van der Waals surface area contributed by atoms with Gasteiger partial charge in [-0.2, -0.15) is 5.10 Å². The Morgan fingerprint density at radius 3 is 2.80 bits per heavy atom. The Kier molecular flexibility index (Phi) is 5.40. The number of nitrogens with zero attached hydrogens (tertiary/aromatic N) is 5. The number of rotatable bonds is 6. The number of nitrogen functional groups attached to an aromatic ring is 1. The molecule has 1 aromatic carbocycles. The number of halogens is 2. The molecule has 9 nitrogen and oxygen atoms in total. The van der Waals surface area contributed by atoms with Crippen molar-refractivity contribution in [2.75, 3.05) is 16.9 Å². The highest BCUT2D eigenvalue weighted by atomic mass is 35.5. The Balaban J connectivity index is 1.72. The van der Waals surface area contributed by atoms with Crippen molar-refractivity contribution in [1.29, 1.82) is 0 Å². The molecule has 3 heterocycles. The number of amides is 1. The number of carbonyl (C=O) groups is 1. The van der Waals surface area contributed by atoms with Gasteiger partial charge in [0.25, 0.3) is 0 Å². The van der Waals surface area contributed by atoms with Gasteiger partial charge in [-0.1, -0.05) is 23.4 Å². The van der Waals surface area contributed by atoms with Crippen LogP contribution >= 0.6 is 11.6 Å². The van der Waals surface area contributed by atoms with Crippen molar-refractivity contribution in [3.05, 3.63) is 60.2 Å². The lowest BCUT2D eigenvalue weighted by molar-refractivity contribution is -0.113. The van der Waals surface area contributed by atoms with Crippen LogP contribution in [0, 0.1) is 5.82 Å². The van der Waals surface area contributed by atoms with E-state index in [2.05, 4.69) is 25.5 Å². The summed E-state index contributed by atoms with van der Waals surface area (Å²) in [5, 5.41) is 10.9. The molecule has 0 aliphatic rings. The molecule has 1 amide bonds. The first-order chi connectivity index (χ1) is 14.5. The molecule has 4 rings (SSSR count). The molecule has 0 saturated carbocycles. The maximum atomic E-state index is 14.1. The van der Waals surface area contributed by atoms with E-state index >= 15 is 0 Å².